The summed E-state index contributed by atoms with van der Waals surface area (Å²) in [6.07, 6.45) is 0. The van der Waals surface area contributed by atoms with Crippen LogP contribution in [0, 0.1) is 0 Å². The molecule has 1 saturated heterocycles. The van der Waals surface area contributed by atoms with E-state index >= 15 is 0 Å². The van der Waals surface area contributed by atoms with Crippen LogP contribution >= 0.6 is 11.3 Å². The molecule has 0 aliphatic carbocycles. The molecule has 0 unspecified atom stereocenters. The minimum Gasteiger partial charge on any atom is -0.451 e. The number of rotatable bonds is 4. The normalized spacial score (nSPS) is 14.0. The van der Waals surface area contributed by atoms with Crippen molar-refractivity contribution in [3.63, 3.8) is 0 Å². The molecule has 3 heterocycles. The van der Waals surface area contributed by atoms with Crippen molar-refractivity contribution in [1.29, 1.82) is 0 Å². The van der Waals surface area contributed by atoms with Gasteiger partial charge in [-0.1, -0.05) is 24.3 Å². The van der Waals surface area contributed by atoms with Gasteiger partial charge >= 0.3 is 5.97 Å². The number of esters is 1. The number of fused-ring (bicyclic) bond motifs is 1. The van der Waals surface area contributed by atoms with Crippen LogP contribution in [-0.4, -0.2) is 70.6 Å². The van der Waals surface area contributed by atoms with Crippen LogP contribution in [0.4, 0.5) is 0 Å². The summed E-state index contributed by atoms with van der Waals surface area (Å²) in [5.74, 6) is -1.18. The number of hydrogen-bond acceptors (Lipinski definition) is 7. The van der Waals surface area contributed by atoms with Gasteiger partial charge in [-0.15, -0.1) is 11.3 Å². The molecule has 2 aromatic heterocycles. The Kier molecular flexibility index (Phi) is 5.57. The van der Waals surface area contributed by atoms with E-state index in [1.54, 1.807) is 40.1 Å². The van der Waals surface area contributed by atoms with E-state index in [0.717, 1.165) is 0 Å². The van der Waals surface area contributed by atoms with Gasteiger partial charge in [0.05, 0.1) is 10.3 Å². The molecular weight excluding hydrogens is 408 g/mol. The summed E-state index contributed by atoms with van der Waals surface area (Å²) in [6, 6.07) is 10.1. The number of aromatic amines is 1. The lowest BCUT2D eigenvalue weighted by atomic mass is 10.1. The molecule has 0 saturated carbocycles. The highest BCUT2D eigenvalue weighted by Gasteiger charge is 2.26. The topological polar surface area (TPSA) is 113 Å². The zero-order chi connectivity index (χ0) is 21.1. The number of nitrogens with zero attached hydrogens (tertiary/aromatic N) is 3. The minimum atomic E-state index is -0.790. The fourth-order valence-corrected chi connectivity index (χ4v) is 3.96. The Morgan fingerprint density at radius 2 is 1.70 bits per heavy atom. The molecule has 1 aliphatic heterocycles. The first kappa shape index (κ1) is 19.8. The molecular formula is C20H18N4O5S. The van der Waals surface area contributed by atoms with Crippen LogP contribution in [0.1, 0.15) is 20.2 Å². The van der Waals surface area contributed by atoms with Gasteiger partial charge in [-0.25, -0.2) is 9.89 Å². The highest BCUT2D eigenvalue weighted by molar-refractivity contribution is 7.12. The van der Waals surface area contributed by atoms with Crippen LogP contribution in [-0.2, 0) is 9.53 Å². The van der Waals surface area contributed by atoms with Gasteiger partial charge in [-0.2, -0.15) is 5.10 Å². The van der Waals surface area contributed by atoms with Crippen molar-refractivity contribution < 1.29 is 19.1 Å². The Bertz CT molecular complexity index is 1150. The molecule has 1 aliphatic rings. The maximum absolute atomic E-state index is 12.4. The molecule has 2 amide bonds. The third kappa shape index (κ3) is 3.94. The summed E-state index contributed by atoms with van der Waals surface area (Å²) in [5.41, 5.74) is -0.461. The highest BCUT2D eigenvalue weighted by Crippen LogP contribution is 2.15. The molecule has 0 atom stereocenters. The van der Waals surface area contributed by atoms with E-state index in [9.17, 15) is 19.2 Å². The molecule has 0 radical (unpaired) electrons. The van der Waals surface area contributed by atoms with E-state index < -0.39 is 18.1 Å². The van der Waals surface area contributed by atoms with Crippen LogP contribution < -0.4 is 5.56 Å². The first-order valence-electron chi connectivity index (χ1n) is 9.29. The summed E-state index contributed by atoms with van der Waals surface area (Å²) < 4.78 is 5.13. The molecule has 0 spiro atoms. The Hall–Kier alpha value is -3.53. The number of hydrogen-bond donors (Lipinski definition) is 1. The van der Waals surface area contributed by atoms with Gasteiger partial charge in [0.2, 0.25) is 0 Å². The average Bonchev–Trinajstić information content (AvgIpc) is 3.32. The SMILES string of the molecule is O=C(OCC(=O)N1CCN(C(=O)c2cccs2)CC1)c1n[nH]c(=O)c2ccccc12. The minimum absolute atomic E-state index is 0.0421. The Labute approximate surface area is 174 Å². The molecule has 0 bridgehead atoms. The zero-order valence-electron chi connectivity index (χ0n) is 15.9. The molecule has 1 fully saturated rings. The number of ether oxygens (including phenoxy) is 1. The predicted octanol–water partition coefficient (Wildman–Crippen LogP) is 1.13. The third-order valence-electron chi connectivity index (χ3n) is 4.87. The maximum Gasteiger partial charge on any atom is 0.359 e. The second-order valence-corrected chi connectivity index (χ2v) is 7.62. The Balaban J connectivity index is 1.33. The van der Waals surface area contributed by atoms with Crippen molar-refractivity contribution in [2.75, 3.05) is 32.8 Å². The fourth-order valence-electron chi connectivity index (χ4n) is 3.27. The molecule has 154 valence electrons. The largest absolute Gasteiger partial charge is 0.451 e. The number of H-pyrrole nitrogens is 1. The first-order valence-corrected chi connectivity index (χ1v) is 10.2. The van der Waals surface area contributed by atoms with Crippen LogP contribution in [0.25, 0.3) is 10.8 Å². The lowest BCUT2D eigenvalue weighted by Gasteiger charge is -2.34. The molecule has 30 heavy (non-hydrogen) atoms. The second-order valence-electron chi connectivity index (χ2n) is 6.67. The number of carbonyl (C=O) groups is 3. The van der Waals surface area contributed by atoms with Gasteiger partial charge in [0.25, 0.3) is 17.4 Å². The monoisotopic (exact) mass is 426 g/mol. The zero-order valence-corrected chi connectivity index (χ0v) is 16.7. The van der Waals surface area contributed by atoms with Crippen molar-refractivity contribution in [3.05, 3.63) is 62.7 Å². The van der Waals surface area contributed by atoms with Gasteiger partial charge in [0.15, 0.2) is 12.3 Å². The second kappa shape index (κ2) is 8.46. The lowest BCUT2D eigenvalue weighted by Crippen LogP contribution is -2.51. The molecule has 1 N–H and O–H groups in total. The van der Waals surface area contributed by atoms with Crippen molar-refractivity contribution >= 4 is 39.9 Å². The summed E-state index contributed by atoms with van der Waals surface area (Å²) in [7, 11) is 0. The molecule has 4 rings (SSSR count). The van der Waals surface area contributed by atoms with E-state index in [4.69, 9.17) is 4.74 Å². The number of amides is 2. The summed E-state index contributed by atoms with van der Waals surface area (Å²) >= 11 is 1.39. The summed E-state index contributed by atoms with van der Waals surface area (Å²) in [6.45, 7) is 1.14. The number of thiophene rings is 1. The lowest BCUT2D eigenvalue weighted by molar-refractivity contribution is -0.136. The van der Waals surface area contributed by atoms with Crippen LogP contribution in [0.15, 0.2) is 46.6 Å². The van der Waals surface area contributed by atoms with E-state index in [0.29, 0.717) is 41.8 Å². The molecule has 9 nitrogen and oxygen atoms in total. The van der Waals surface area contributed by atoms with E-state index in [1.165, 1.54) is 11.3 Å². The molecule has 1 aromatic carbocycles. The van der Waals surface area contributed by atoms with E-state index in [2.05, 4.69) is 10.2 Å². The number of piperazine rings is 1. The maximum atomic E-state index is 12.4. The highest BCUT2D eigenvalue weighted by atomic mass is 32.1. The van der Waals surface area contributed by atoms with Gasteiger partial charge in [-0.05, 0) is 17.5 Å². The van der Waals surface area contributed by atoms with Crippen molar-refractivity contribution in [2.45, 2.75) is 0 Å². The van der Waals surface area contributed by atoms with Crippen LogP contribution in [0.2, 0.25) is 0 Å². The Morgan fingerprint density at radius 1 is 1.00 bits per heavy atom. The predicted molar refractivity (Wildman–Crippen MR) is 109 cm³/mol. The van der Waals surface area contributed by atoms with Gasteiger partial charge in [0, 0.05) is 31.6 Å². The van der Waals surface area contributed by atoms with Gasteiger partial charge in [0.1, 0.15) is 0 Å². The molecule has 10 heteroatoms. The number of carbonyl (C=O) groups excluding carboxylic acids is 3. The van der Waals surface area contributed by atoms with Crippen molar-refractivity contribution in [3.8, 4) is 0 Å². The average molecular weight is 426 g/mol. The fraction of sp³-hybridized carbons (Fsp3) is 0.250. The smallest absolute Gasteiger partial charge is 0.359 e. The Morgan fingerprint density at radius 3 is 2.40 bits per heavy atom. The standard InChI is InChI=1S/C20H18N4O5S/c25-16(23-7-9-24(10-8-23)19(27)15-6-3-11-30-15)12-29-20(28)17-13-4-1-2-5-14(13)18(26)22-21-17/h1-6,11H,7-10,12H2,(H,22,26). The summed E-state index contributed by atoms with van der Waals surface area (Å²) in [5, 5.41) is 8.56. The number of nitrogens with one attached hydrogen (secondary N) is 1. The van der Waals surface area contributed by atoms with E-state index in [-0.39, 0.29) is 17.5 Å². The number of aromatic nitrogens is 2. The van der Waals surface area contributed by atoms with Crippen molar-refractivity contribution in [2.24, 2.45) is 0 Å². The first-order chi connectivity index (χ1) is 14.5. The van der Waals surface area contributed by atoms with Gasteiger partial charge < -0.3 is 14.5 Å². The molecule has 3 aromatic rings. The van der Waals surface area contributed by atoms with Gasteiger partial charge in [-0.3, -0.25) is 14.4 Å². The van der Waals surface area contributed by atoms with E-state index in [1.807, 2.05) is 11.4 Å². The quantitative estimate of drug-likeness (QED) is 0.626. The van der Waals surface area contributed by atoms with Crippen LogP contribution in [0.3, 0.4) is 0 Å². The summed E-state index contributed by atoms with van der Waals surface area (Å²) in [4.78, 5) is 53.0. The number of benzene rings is 1. The van der Waals surface area contributed by atoms with Crippen molar-refractivity contribution in [1.82, 2.24) is 20.0 Å². The third-order valence-corrected chi connectivity index (χ3v) is 5.73. The van der Waals surface area contributed by atoms with Crippen LogP contribution in [0.5, 0.6) is 0 Å².